The van der Waals surface area contributed by atoms with Gasteiger partial charge in [-0.3, -0.25) is 4.98 Å². The molecule has 10 heteroatoms. The number of rotatable bonds is 3. The predicted octanol–water partition coefficient (Wildman–Crippen LogP) is 3.72. The van der Waals surface area contributed by atoms with E-state index in [1.54, 1.807) is 6.20 Å². The van der Waals surface area contributed by atoms with Crippen molar-refractivity contribution in [1.82, 2.24) is 15.0 Å². The molecular weight excluding hydrogens is 401 g/mol. The maximum Gasteiger partial charge on any atom is 0.434 e. The number of hydrogen-bond donors (Lipinski definition) is 2. The standard InChI is InChI=1S/C19H23F3N6S/c20-19(21,22)15-12(3-2-8-25-15)29-17-16(24)27-14(11-26-17)28-9-6-18(7-10-28)5-1-4-13(18)23/h2-3,8,11,13H,1,4-7,9-10,23H2,(H2,24,27)/t13-/m0/s1. The van der Waals surface area contributed by atoms with E-state index in [9.17, 15) is 13.2 Å². The highest BCUT2D eigenvalue weighted by Crippen LogP contribution is 2.46. The van der Waals surface area contributed by atoms with Crippen LogP contribution in [0, 0.1) is 5.41 Å². The molecule has 1 aliphatic carbocycles. The highest BCUT2D eigenvalue weighted by atomic mass is 32.2. The number of nitrogens with zero attached hydrogens (tertiary/aromatic N) is 4. The number of pyridine rings is 1. The molecule has 2 aliphatic rings. The van der Waals surface area contributed by atoms with Gasteiger partial charge in [0.15, 0.2) is 11.5 Å². The summed E-state index contributed by atoms with van der Waals surface area (Å²) < 4.78 is 39.5. The molecule has 1 saturated carbocycles. The highest BCUT2D eigenvalue weighted by Gasteiger charge is 2.43. The van der Waals surface area contributed by atoms with Crippen molar-refractivity contribution in [2.75, 3.05) is 23.7 Å². The first-order valence-electron chi connectivity index (χ1n) is 9.62. The topological polar surface area (TPSA) is 94.0 Å². The summed E-state index contributed by atoms with van der Waals surface area (Å²) in [5.41, 5.74) is 11.6. The van der Waals surface area contributed by atoms with Crippen molar-refractivity contribution in [2.24, 2.45) is 11.1 Å². The first kappa shape index (κ1) is 20.2. The van der Waals surface area contributed by atoms with E-state index in [-0.39, 0.29) is 27.2 Å². The molecule has 29 heavy (non-hydrogen) atoms. The zero-order valence-electron chi connectivity index (χ0n) is 15.8. The lowest BCUT2D eigenvalue weighted by Crippen LogP contribution is -2.47. The summed E-state index contributed by atoms with van der Waals surface area (Å²) in [6, 6.07) is 3.07. The van der Waals surface area contributed by atoms with E-state index in [4.69, 9.17) is 11.5 Å². The van der Waals surface area contributed by atoms with Gasteiger partial charge in [0, 0.05) is 30.2 Å². The normalized spacial score (nSPS) is 21.7. The van der Waals surface area contributed by atoms with Crippen LogP contribution in [0.15, 0.2) is 34.4 Å². The van der Waals surface area contributed by atoms with Crippen LogP contribution in [0.3, 0.4) is 0 Å². The summed E-state index contributed by atoms with van der Waals surface area (Å²) in [4.78, 5) is 14.2. The first-order valence-corrected chi connectivity index (χ1v) is 10.4. The Kier molecular flexibility index (Phi) is 5.32. The van der Waals surface area contributed by atoms with Gasteiger partial charge in [-0.05, 0) is 43.2 Å². The van der Waals surface area contributed by atoms with E-state index < -0.39 is 11.9 Å². The van der Waals surface area contributed by atoms with Crippen LogP contribution in [0.1, 0.15) is 37.8 Å². The molecule has 2 fully saturated rings. The second-order valence-electron chi connectivity index (χ2n) is 7.72. The number of nitrogen functional groups attached to an aromatic ring is 1. The number of piperidine rings is 1. The van der Waals surface area contributed by atoms with E-state index in [0.29, 0.717) is 5.82 Å². The van der Waals surface area contributed by atoms with Crippen LogP contribution in [0.2, 0.25) is 0 Å². The Hall–Kier alpha value is -2.07. The lowest BCUT2D eigenvalue weighted by atomic mass is 9.74. The monoisotopic (exact) mass is 424 g/mol. The minimum atomic E-state index is -4.55. The quantitative estimate of drug-likeness (QED) is 0.775. The van der Waals surface area contributed by atoms with Gasteiger partial charge in [-0.15, -0.1) is 0 Å². The molecule has 0 radical (unpaired) electrons. The Morgan fingerprint density at radius 1 is 1.17 bits per heavy atom. The Balaban J connectivity index is 1.48. The van der Waals surface area contributed by atoms with Crippen LogP contribution in [-0.4, -0.2) is 34.1 Å². The van der Waals surface area contributed by atoms with Crippen LogP contribution in [0.5, 0.6) is 0 Å². The number of nitrogens with two attached hydrogens (primary N) is 2. The van der Waals surface area contributed by atoms with Crippen molar-refractivity contribution in [3.05, 3.63) is 30.2 Å². The third-order valence-corrected chi connectivity index (χ3v) is 7.11. The van der Waals surface area contributed by atoms with Gasteiger partial charge in [0.1, 0.15) is 10.8 Å². The fourth-order valence-electron chi connectivity index (χ4n) is 4.37. The van der Waals surface area contributed by atoms with Gasteiger partial charge in [-0.2, -0.15) is 13.2 Å². The lowest BCUT2D eigenvalue weighted by Gasteiger charge is -2.42. The molecule has 0 aromatic carbocycles. The largest absolute Gasteiger partial charge is 0.434 e. The molecule has 1 atom stereocenters. The Morgan fingerprint density at radius 3 is 2.55 bits per heavy atom. The van der Waals surface area contributed by atoms with Gasteiger partial charge < -0.3 is 16.4 Å². The molecule has 3 heterocycles. The van der Waals surface area contributed by atoms with Crippen molar-refractivity contribution in [1.29, 1.82) is 0 Å². The van der Waals surface area contributed by atoms with Gasteiger partial charge in [0.05, 0.1) is 6.20 Å². The second kappa shape index (κ2) is 7.64. The fraction of sp³-hybridized carbons (Fsp3) is 0.526. The van der Waals surface area contributed by atoms with Gasteiger partial charge in [-0.1, -0.05) is 18.2 Å². The third-order valence-electron chi connectivity index (χ3n) is 6.06. The number of anilines is 2. The molecule has 2 aromatic heterocycles. The molecular formula is C19H23F3N6S. The summed E-state index contributed by atoms with van der Waals surface area (Å²) in [6.45, 7) is 1.66. The lowest BCUT2D eigenvalue weighted by molar-refractivity contribution is -0.143. The second-order valence-corrected chi connectivity index (χ2v) is 8.75. The molecule has 2 aromatic rings. The zero-order chi connectivity index (χ0) is 20.6. The summed E-state index contributed by atoms with van der Waals surface area (Å²) in [6.07, 6.45) is 3.63. The summed E-state index contributed by atoms with van der Waals surface area (Å²) in [7, 11) is 0. The summed E-state index contributed by atoms with van der Waals surface area (Å²) >= 11 is 0.822. The Morgan fingerprint density at radius 2 is 1.93 bits per heavy atom. The van der Waals surface area contributed by atoms with Gasteiger partial charge in [-0.25, -0.2) is 9.97 Å². The molecule has 0 bridgehead atoms. The van der Waals surface area contributed by atoms with Crippen molar-refractivity contribution >= 4 is 23.4 Å². The summed E-state index contributed by atoms with van der Waals surface area (Å²) in [5, 5.41) is 0.235. The number of hydrogen-bond acceptors (Lipinski definition) is 7. The first-order chi connectivity index (χ1) is 13.8. The maximum absolute atomic E-state index is 13.2. The van der Waals surface area contributed by atoms with E-state index >= 15 is 0 Å². The molecule has 0 amide bonds. The van der Waals surface area contributed by atoms with Crippen LogP contribution >= 0.6 is 11.8 Å². The van der Waals surface area contributed by atoms with Crippen molar-refractivity contribution < 1.29 is 13.2 Å². The average Bonchev–Trinajstić information content (AvgIpc) is 3.03. The fourth-order valence-corrected chi connectivity index (χ4v) is 5.25. The molecule has 4 N–H and O–H groups in total. The van der Waals surface area contributed by atoms with E-state index in [0.717, 1.165) is 50.3 Å². The molecule has 4 rings (SSSR count). The maximum atomic E-state index is 13.2. The smallest absolute Gasteiger partial charge is 0.381 e. The van der Waals surface area contributed by atoms with E-state index in [1.807, 2.05) is 0 Å². The van der Waals surface area contributed by atoms with E-state index in [2.05, 4.69) is 19.9 Å². The summed E-state index contributed by atoms with van der Waals surface area (Å²) in [5.74, 6) is 0.762. The van der Waals surface area contributed by atoms with Gasteiger partial charge in [0.2, 0.25) is 0 Å². The third kappa shape index (κ3) is 4.00. The number of alkyl halides is 3. The zero-order valence-corrected chi connectivity index (χ0v) is 16.6. The minimum Gasteiger partial charge on any atom is -0.381 e. The van der Waals surface area contributed by atoms with Crippen molar-refractivity contribution in [3.63, 3.8) is 0 Å². The van der Waals surface area contributed by atoms with Crippen LogP contribution < -0.4 is 16.4 Å². The van der Waals surface area contributed by atoms with Crippen LogP contribution in [0.25, 0.3) is 0 Å². The van der Waals surface area contributed by atoms with Gasteiger partial charge in [0.25, 0.3) is 0 Å². The molecule has 1 saturated heterocycles. The van der Waals surface area contributed by atoms with Crippen molar-refractivity contribution in [2.45, 2.75) is 54.2 Å². The molecule has 1 aliphatic heterocycles. The SMILES string of the molecule is Nc1nc(N2CCC3(CCC[C@@H]3N)CC2)cnc1Sc1cccnc1C(F)(F)F. The molecule has 0 unspecified atom stereocenters. The average molecular weight is 424 g/mol. The van der Waals surface area contributed by atoms with Crippen molar-refractivity contribution in [3.8, 4) is 0 Å². The van der Waals surface area contributed by atoms with E-state index in [1.165, 1.54) is 25.0 Å². The van der Waals surface area contributed by atoms with Crippen LogP contribution in [0.4, 0.5) is 24.8 Å². The number of halogens is 3. The van der Waals surface area contributed by atoms with Gasteiger partial charge >= 0.3 is 6.18 Å². The van der Waals surface area contributed by atoms with Crippen LogP contribution in [-0.2, 0) is 6.18 Å². The highest BCUT2D eigenvalue weighted by molar-refractivity contribution is 7.99. The predicted molar refractivity (Wildman–Crippen MR) is 106 cm³/mol. The minimum absolute atomic E-state index is 0.0520. The molecule has 156 valence electrons. The Labute approximate surface area is 171 Å². The molecule has 1 spiro atoms. The Bertz CT molecular complexity index is 882. The molecule has 6 nitrogen and oxygen atoms in total. The number of aromatic nitrogens is 3.